The van der Waals surface area contributed by atoms with Gasteiger partial charge < -0.3 is 9.64 Å². The molecule has 3 aromatic carbocycles. The molecule has 0 saturated carbocycles. The first-order valence-corrected chi connectivity index (χ1v) is 13.6. The normalized spacial score (nSPS) is 17.4. The summed E-state index contributed by atoms with van der Waals surface area (Å²) in [6.45, 7) is 1.42. The van der Waals surface area contributed by atoms with Crippen LogP contribution in [0, 0.1) is 0 Å². The molecule has 0 spiro atoms. The molecular weight excluding hydrogens is 525 g/mol. The van der Waals surface area contributed by atoms with Crippen LogP contribution in [0.2, 0.25) is 15.1 Å². The first-order valence-electron chi connectivity index (χ1n) is 11.2. The highest BCUT2D eigenvalue weighted by Crippen LogP contribution is 2.28. The molecule has 1 heterocycles. The predicted molar refractivity (Wildman–Crippen MR) is 144 cm³/mol. The van der Waals surface area contributed by atoms with Crippen molar-refractivity contribution >= 4 is 57.6 Å². The van der Waals surface area contributed by atoms with Crippen molar-refractivity contribution in [2.24, 2.45) is 0 Å². The first kappa shape index (κ1) is 25.9. The summed E-state index contributed by atoms with van der Waals surface area (Å²) in [5.41, 5.74) is 2.76. The zero-order chi connectivity index (χ0) is 24.8. The van der Waals surface area contributed by atoms with Crippen LogP contribution < -0.4 is 0 Å². The van der Waals surface area contributed by atoms with E-state index >= 15 is 0 Å². The van der Waals surface area contributed by atoms with Crippen molar-refractivity contribution in [3.05, 3.63) is 109 Å². The van der Waals surface area contributed by atoms with E-state index in [1.54, 1.807) is 35.2 Å². The number of carbonyl (C=O) groups is 1. The number of halogens is 3. The summed E-state index contributed by atoms with van der Waals surface area (Å²) in [6, 6.07) is 22.2. The van der Waals surface area contributed by atoms with Gasteiger partial charge in [0.25, 0.3) is 5.91 Å². The minimum absolute atomic E-state index is 0.198. The largest absolute Gasteiger partial charge is 0.369 e. The molecule has 1 amide bonds. The summed E-state index contributed by atoms with van der Waals surface area (Å²) >= 11 is 18.1. The van der Waals surface area contributed by atoms with Crippen LogP contribution in [0.15, 0.2) is 77.7 Å². The third-order valence-corrected chi connectivity index (χ3v) is 7.75. The SMILES string of the molecule is O=C1C(=Cc2ccc(Cl)cc2)S(=O)CCN1CCCOC(c1ccc(Cl)cc1)c1ccc(Cl)cc1. The first-order chi connectivity index (χ1) is 16.9. The highest BCUT2D eigenvalue weighted by Gasteiger charge is 2.28. The van der Waals surface area contributed by atoms with E-state index in [1.165, 1.54) is 0 Å². The van der Waals surface area contributed by atoms with Crippen molar-refractivity contribution in [3.8, 4) is 0 Å². The van der Waals surface area contributed by atoms with Gasteiger partial charge in [0.2, 0.25) is 0 Å². The van der Waals surface area contributed by atoms with Gasteiger partial charge in [-0.15, -0.1) is 0 Å². The Kier molecular flexibility index (Phi) is 9.04. The van der Waals surface area contributed by atoms with Crippen LogP contribution in [-0.4, -0.2) is 40.5 Å². The zero-order valence-electron chi connectivity index (χ0n) is 18.8. The number of ether oxygens (including phenoxy) is 1. The monoisotopic (exact) mass is 547 g/mol. The average Bonchev–Trinajstić information content (AvgIpc) is 2.86. The second-order valence-electron chi connectivity index (χ2n) is 8.11. The number of hydrogen-bond donors (Lipinski definition) is 0. The Bertz CT molecular complexity index is 1170. The number of benzene rings is 3. The van der Waals surface area contributed by atoms with E-state index in [2.05, 4.69) is 0 Å². The third-order valence-electron chi connectivity index (χ3n) is 5.66. The quantitative estimate of drug-likeness (QED) is 0.230. The summed E-state index contributed by atoms with van der Waals surface area (Å²) in [4.78, 5) is 15.1. The molecule has 1 saturated heterocycles. The molecule has 8 heteroatoms. The van der Waals surface area contributed by atoms with E-state index in [4.69, 9.17) is 39.5 Å². The summed E-state index contributed by atoms with van der Waals surface area (Å²) < 4.78 is 18.8. The molecule has 1 aliphatic heterocycles. The Balaban J connectivity index is 1.39. The Morgan fingerprint density at radius 3 is 1.91 bits per heavy atom. The van der Waals surface area contributed by atoms with Gasteiger partial charge in [0, 0.05) is 40.5 Å². The lowest BCUT2D eigenvalue weighted by atomic mass is 10.0. The molecule has 1 atom stereocenters. The lowest BCUT2D eigenvalue weighted by molar-refractivity contribution is -0.126. The molecule has 3 aromatic rings. The van der Waals surface area contributed by atoms with Crippen LogP contribution in [0.3, 0.4) is 0 Å². The second-order valence-corrected chi connectivity index (χ2v) is 11.0. The van der Waals surface area contributed by atoms with Crippen molar-refractivity contribution in [3.63, 3.8) is 0 Å². The average molecular weight is 549 g/mol. The van der Waals surface area contributed by atoms with Crippen LogP contribution in [0.5, 0.6) is 0 Å². The second kappa shape index (κ2) is 12.2. The van der Waals surface area contributed by atoms with E-state index in [0.29, 0.717) is 51.8 Å². The van der Waals surface area contributed by atoms with Crippen molar-refractivity contribution in [2.45, 2.75) is 12.5 Å². The third kappa shape index (κ3) is 6.96. The highest BCUT2D eigenvalue weighted by atomic mass is 35.5. The molecule has 0 aliphatic carbocycles. The zero-order valence-corrected chi connectivity index (χ0v) is 21.9. The van der Waals surface area contributed by atoms with Gasteiger partial charge in [-0.05, 0) is 65.6 Å². The molecule has 182 valence electrons. The van der Waals surface area contributed by atoms with E-state index in [0.717, 1.165) is 16.7 Å². The maximum atomic E-state index is 13.0. The van der Waals surface area contributed by atoms with Gasteiger partial charge in [0.1, 0.15) is 11.0 Å². The lowest BCUT2D eigenvalue weighted by Crippen LogP contribution is -2.42. The minimum atomic E-state index is -1.32. The maximum absolute atomic E-state index is 13.0. The van der Waals surface area contributed by atoms with Crippen LogP contribution >= 0.6 is 34.8 Å². The van der Waals surface area contributed by atoms with Crippen LogP contribution in [-0.2, 0) is 20.3 Å². The topological polar surface area (TPSA) is 46.6 Å². The van der Waals surface area contributed by atoms with E-state index in [9.17, 15) is 9.00 Å². The molecule has 0 bridgehead atoms. The van der Waals surface area contributed by atoms with Crippen LogP contribution in [0.1, 0.15) is 29.2 Å². The predicted octanol–water partition coefficient (Wildman–Crippen LogP) is 6.77. The highest BCUT2D eigenvalue weighted by molar-refractivity contribution is 7.90. The molecular formula is C27H24Cl3NO3S. The number of amides is 1. The minimum Gasteiger partial charge on any atom is -0.369 e. The Hall–Kier alpha value is -2.15. The molecule has 0 radical (unpaired) electrons. The standard InChI is InChI=1S/C27H24Cl3NO3S/c28-22-8-2-19(3-9-22)18-25-27(32)31(15-17-35(25)33)14-1-16-34-26(20-4-10-23(29)11-5-20)21-6-12-24(30)13-7-21/h2-13,18,26H,1,14-17H2. The van der Waals surface area contributed by atoms with E-state index in [1.807, 2.05) is 48.5 Å². The molecule has 1 aliphatic rings. The Morgan fingerprint density at radius 1 is 0.857 bits per heavy atom. The molecule has 0 aromatic heterocycles. The maximum Gasteiger partial charge on any atom is 0.262 e. The summed E-state index contributed by atoms with van der Waals surface area (Å²) in [5.74, 6) is 0.223. The lowest BCUT2D eigenvalue weighted by Gasteiger charge is -2.28. The summed E-state index contributed by atoms with van der Waals surface area (Å²) in [7, 11) is -1.32. The molecule has 35 heavy (non-hydrogen) atoms. The van der Waals surface area contributed by atoms with Crippen molar-refractivity contribution in [2.75, 3.05) is 25.4 Å². The van der Waals surface area contributed by atoms with Gasteiger partial charge in [-0.2, -0.15) is 0 Å². The molecule has 0 N–H and O–H groups in total. The number of nitrogens with zero attached hydrogens (tertiary/aromatic N) is 1. The summed E-state index contributed by atoms with van der Waals surface area (Å²) in [6.07, 6.45) is 2.05. The molecule has 4 rings (SSSR count). The van der Waals surface area contributed by atoms with E-state index in [-0.39, 0.29) is 12.0 Å². The fourth-order valence-electron chi connectivity index (χ4n) is 3.83. The van der Waals surface area contributed by atoms with Crippen molar-refractivity contribution in [1.82, 2.24) is 4.90 Å². The molecule has 1 fully saturated rings. The van der Waals surface area contributed by atoms with Gasteiger partial charge in [0.15, 0.2) is 0 Å². The van der Waals surface area contributed by atoms with Crippen LogP contribution in [0.4, 0.5) is 0 Å². The van der Waals surface area contributed by atoms with Gasteiger partial charge >= 0.3 is 0 Å². The fraction of sp³-hybridized carbons (Fsp3) is 0.222. The number of carbonyl (C=O) groups excluding carboxylic acids is 1. The van der Waals surface area contributed by atoms with Gasteiger partial charge in [-0.1, -0.05) is 71.2 Å². The Labute approximate surface area is 222 Å². The van der Waals surface area contributed by atoms with Gasteiger partial charge in [-0.3, -0.25) is 9.00 Å². The Morgan fingerprint density at radius 2 is 1.37 bits per heavy atom. The number of rotatable bonds is 8. The van der Waals surface area contributed by atoms with Gasteiger partial charge in [0.05, 0.1) is 10.8 Å². The summed E-state index contributed by atoms with van der Waals surface area (Å²) in [5, 5.41) is 1.93. The van der Waals surface area contributed by atoms with E-state index < -0.39 is 10.8 Å². The van der Waals surface area contributed by atoms with Crippen molar-refractivity contribution < 1.29 is 13.7 Å². The molecule has 1 unspecified atom stereocenters. The smallest absolute Gasteiger partial charge is 0.262 e. The number of hydrogen-bond acceptors (Lipinski definition) is 3. The fourth-order valence-corrected chi connectivity index (χ4v) is 5.40. The molecule has 4 nitrogen and oxygen atoms in total. The van der Waals surface area contributed by atoms with Crippen LogP contribution in [0.25, 0.3) is 6.08 Å². The van der Waals surface area contributed by atoms with Gasteiger partial charge in [-0.25, -0.2) is 0 Å². The van der Waals surface area contributed by atoms with Crippen molar-refractivity contribution in [1.29, 1.82) is 0 Å².